The van der Waals surface area contributed by atoms with E-state index in [4.69, 9.17) is 4.74 Å². The molecule has 0 saturated carbocycles. The summed E-state index contributed by atoms with van der Waals surface area (Å²) >= 11 is 0. The molecule has 94 valence electrons. The van der Waals surface area contributed by atoms with Crippen molar-refractivity contribution in [2.45, 2.75) is 33.3 Å². The lowest BCUT2D eigenvalue weighted by Crippen LogP contribution is -2.37. The molecule has 1 rings (SSSR count). The fraction of sp³-hybridized carbons (Fsp3) is 0.917. The molecular weight excluding hydrogens is 204 g/mol. The average Bonchev–Trinajstić information content (AvgIpc) is 2.53. The largest absolute Gasteiger partial charge is 0.368 e. The van der Waals surface area contributed by atoms with Gasteiger partial charge in [0.1, 0.15) is 6.61 Å². The number of nitrogens with zero attached hydrogens (tertiary/aromatic N) is 1. The van der Waals surface area contributed by atoms with Crippen LogP contribution in [0.3, 0.4) is 0 Å². The zero-order chi connectivity index (χ0) is 12.0. The van der Waals surface area contributed by atoms with Crippen molar-refractivity contribution in [3.63, 3.8) is 0 Å². The van der Waals surface area contributed by atoms with Crippen molar-refractivity contribution in [3.8, 4) is 0 Å². The van der Waals surface area contributed by atoms with Crippen LogP contribution in [0.1, 0.15) is 27.2 Å². The number of amides is 1. The molecule has 4 heteroatoms. The Bertz CT molecular complexity index is 211. The molecule has 0 aromatic heterocycles. The van der Waals surface area contributed by atoms with E-state index in [-0.39, 0.29) is 18.6 Å². The summed E-state index contributed by atoms with van der Waals surface area (Å²) in [7, 11) is 0. The van der Waals surface area contributed by atoms with Crippen LogP contribution in [-0.2, 0) is 9.53 Å². The Morgan fingerprint density at radius 2 is 2.06 bits per heavy atom. The number of carbonyl (C=O) groups excluding carboxylic acids is 1. The maximum atomic E-state index is 11.9. The Morgan fingerprint density at radius 1 is 1.31 bits per heavy atom. The van der Waals surface area contributed by atoms with Crippen molar-refractivity contribution in [2.75, 3.05) is 32.8 Å². The van der Waals surface area contributed by atoms with Crippen LogP contribution in [0, 0.1) is 5.92 Å². The summed E-state index contributed by atoms with van der Waals surface area (Å²) in [6.07, 6.45) is 1.18. The average molecular weight is 228 g/mol. The van der Waals surface area contributed by atoms with Gasteiger partial charge in [-0.2, -0.15) is 0 Å². The quantitative estimate of drug-likeness (QED) is 0.776. The molecule has 0 aromatic rings. The van der Waals surface area contributed by atoms with Crippen LogP contribution in [0.2, 0.25) is 0 Å². The van der Waals surface area contributed by atoms with Crippen LogP contribution in [0.15, 0.2) is 0 Å². The maximum Gasteiger partial charge on any atom is 0.248 e. The monoisotopic (exact) mass is 228 g/mol. The van der Waals surface area contributed by atoms with Gasteiger partial charge in [-0.15, -0.1) is 0 Å². The third kappa shape index (κ3) is 4.49. The highest BCUT2D eigenvalue weighted by molar-refractivity contribution is 5.77. The number of ether oxygens (including phenoxy) is 1. The Kier molecular flexibility index (Phi) is 5.77. The molecule has 0 spiro atoms. The second-order valence-electron chi connectivity index (χ2n) is 4.74. The van der Waals surface area contributed by atoms with Crippen LogP contribution in [0.4, 0.5) is 0 Å². The molecule has 0 radical (unpaired) electrons. The normalized spacial score (nSPS) is 19.6. The van der Waals surface area contributed by atoms with Crippen molar-refractivity contribution < 1.29 is 9.53 Å². The first-order valence-electron chi connectivity index (χ1n) is 6.21. The van der Waals surface area contributed by atoms with E-state index < -0.39 is 0 Å². The summed E-state index contributed by atoms with van der Waals surface area (Å²) in [5, 5.41) is 3.28. The Hall–Kier alpha value is -0.610. The number of hydrogen-bond donors (Lipinski definition) is 1. The van der Waals surface area contributed by atoms with Crippen LogP contribution in [-0.4, -0.2) is 49.7 Å². The summed E-state index contributed by atoms with van der Waals surface area (Å²) in [6.45, 7) is 10.00. The van der Waals surface area contributed by atoms with Crippen molar-refractivity contribution in [2.24, 2.45) is 5.92 Å². The number of hydrogen-bond acceptors (Lipinski definition) is 3. The molecule has 0 bridgehead atoms. The molecule has 1 unspecified atom stereocenters. The lowest BCUT2D eigenvalue weighted by molar-refractivity contribution is -0.138. The van der Waals surface area contributed by atoms with Gasteiger partial charge >= 0.3 is 0 Å². The molecule has 4 nitrogen and oxygen atoms in total. The first-order chi connectivity index (χ1) is 7.61. The van der Waals surface area contributed by atoms with Crippen molar-refractivity contribution in [1.82, 2.24) is 10.2 Å². The number of carbonyl (C=O) groups is 1. The minimum atomic E-state index is 0.121. The molecule has 1 atom stereocenters. The van der Waals surface area contributed by atoms with Gasteiger partial charge in [-0.1, -0.05) is 13.8 Å². The van der Waals surface area contributed by atoms with Gasteiger partial charge in [0, 0.05) is 19.6 Å². The summed E-state index contributed by atoms with van der Waals surface area (Å²) in [6, 6.07) is 0. The molecule has 16 heavy (non-hydrogen) atoms. The van der Waals surface area contributed by atoms with E-state index >= 15 is 0 Å². The standard InChI is InChI=1S/C12H24N2O2/c1-10(2)11(3)16-9-12(15)14-7-4-5-13-6-8-14/h10-11,13H,4-9H2,1-3H3. The van der Waals surface area contributed by atoms with Gasteiger partial charge in [0.15, 0.2) is 0 Å². The van der Waals surface area contributed by atoms with E-state index in [1.54, 1.807) is 0 Å². The summed E-state index contributed by atoms with van der Waals surface area (Å²) < 4.78 is 5.55. The van der Waals surface area contributed by atoms with Crippen molar-refractivity contribution >= 4 is 5.91 Å². The molecule has 1 amide bonds. The van der Waals surface area contributed by atoms with Crippen LogP contribution >= 0.6 is 0 Å². The van der Waals surface area contributed by atoms with Gasteiger partial charge in [0.25, 0.3) is 0 Å². The summed E-state index contributed by atoms with van der Waals surface area (Å²) in [5.41, 5.74) is 0. The predicted octanol–water partition coefficient (Wildman–Crippen LogP) is 0.869. The van der Waals surface area contributed by atoms with Crippen molar-refractivity contribution in [3.05, 3.63) is 0 Å². The lowest BCUT2D eigenvalue weighted by Gasteiger charge is -2.22. The zero-order valence-corrected chi connectivity index (χ0v) is 10.7. The Morgan fingerprint density at radius 3 is 2.75 bits per heavy atom. The maximum absolute atomic E-state index is 11.9. The third-order valence-electron chi connectivity index (χ3n) is 3.10. The van der Waals surface area contributed by atoms with Gasteiger partial charge < -0.3 is 15.0 Å². The summed E-state index contributed by atoms with van der Waals surface area (Å²) in [5.74, 6) is 0.579. The highest BCUT2D eigenvalue weighted by atomic mass is 16.5. The van der Waals surface area contributed by atoms with Crippen LogP contribution in [0.25, 0.3) is 0 Å². The van der Waals surface area contributed by atoms with E-state index in [1.807, 2.05) is 11.8 Å². The molecule has 1 fully saturated rings. The van der Waals surface area contributed by atoms with E-state index in [1.165, 1.54) is 0 Å². The Labute approximate surface area is 98.3 Å². The van der Waals surface area contributed by atoms with Crippen LogP contribution < -0.4 is 5.32 Å². The molecular formula is C12H24N2O2. The van der Waals surface area contributed by atoms with E-state index in [2.05, 4.69) is 19.2 Å². The van der Waals surface area contributed by atoms with Gasteiger partial charge in [-0.25, -0.2) is 0 Å². The molecule has 1 heterocycles. The predicted molar refractivity (Wildman–Crippen MR) is 64.3 cm³/mol. The Balaban J connectivity index is 2.27. The van der Waals surface area contributed by atoms with Gasteiger partial charge in [-0.3, -0.25) is 4.79 Å². The molecule has 1 aliphatic heterocycles. The van der Waals surface area contributed by atoms with E-state index in [9.17, 15) is 4.79 Å². The fourth-order valence-electron chi connectivity index (χ4n) is 1.58. The SMILES string of the molecule is CC(C)C(C)OCC(=O)N1CCCNCC1. The highest BCUT2D eigenvalue weighted by Gasteiger charge is 2.17. The van der Waals surface area contributed by atoms with E-state index in [0.717, 1.165) is 32.6 Å². The van der Waals surface area contributed by atoms with Gasteiger partial charge in [-0.05, 0) is 25.8 Å². The van der Waals surface area contributed by atoms with Gasteiger partial charge in [0.05, 0.1) is 6.10 Å². The van der Waals surface area contributed by atoms with Crippen molar-refractivity contribution in [1.29, 1.82) is 0 Å². The first-order valence-corrected chi connectivity index (χ1v) is 6.21. The topological polar surface area (TPSA) is 41.6 Å². The minimum Gasteiger partial charge on any atom is -0.368 e. The molecule has 0 aliphatic carbocycles. The number of rotatable bonds is 4. The smallest absolute Gasteiger partial charge is 0.248 e. The summed E-state index contributed by atoms with van der Waals surface area (Å²) in [4.78, 5) is 13.7. The van der Waals surface area contributed by atoms with Gasteiger partial charge in [0.2, 0.25) is 5.91 Å². The molecule has 1 N–H and O–H groups in total. The first kappa shape index (κ1) is 13.5. The van der Waals surface area contributed by atoms with E-state index in [0.29, 0.717) is 5.92 Å². The second kappa shape index (κ2) is 6.86. The highest BCUT2D eigenvalue weighted by Crippen LogP contribution is 2.06. The zero-order valence-electron chi connectivity index (χ0n) is 10.7. The molecule has 1 saturated heterocycles. The number of nitrogens with one attached hydrogen (secondary N) is 1. The molecule has 0 aromatic carbocycles. The lowest BCUT2D eigenvalue weighted by atomic mass is 10.1. The fourth-order valence-corrected chi connectivity index (χ4v) is 1.58. The molecule has 1 aliphatic rings. The third-order valence-corrected chi connectivity index (χ3v) is 3.10. The van der Waals surface area contributed by atoms with Crippen LogP contribution in [0.5, 0.6) is 0 Å². The minimum absolute atomic E-state index is 0.121. The second-order valence-corrected chi connectivity index (χ2v) is 4.74.